The van der Waals surface area contributed by atoms with Crippen LogP contribution in [0.5, 0.6) is 5.75 Å². The van der Waals surface area contributed by atoms with E-state index in [-0.39, 0.29) is 17.7 Å². The molecule has 1 saturated carbocycles. The Bertz CT molecular complexity index is 996. The zero-order chi connectivity index (χ0) is 16.6. The van der Waals surface area contributed by atoms with Crippen LogP contribution in [-0.2, 0) is 12.5 Å². The molecule has 0 spiro atoms. The van der Waals surface area contributed by atoms with Crippen molar-refractivity contribution in [1.29, 1.82) is 0 Å². The number of hydrogen-bond acceptors (Lipinski definition) is 6. The standard InChI is InChI=1S/C17H18N6O/c1-23-7-20-13-14(19)21-16(22-15(13)23)17-5-9(10(18)6-17)8-3-2-4-11(24)12(8)17/h2-4,7,9-10,24H,5-6,18H2,1H3,(H2,19,21,22). The van der Waals surface area contributed by atoms with E-state index in [0.29, 0.717) is 29.2 Å². The first-order valence-corrected chi connectivity index (χ1v) is 8.04. The number of nitrogens with two attached hydrogens (primary N) is 2. The van der Waals surface area contributed by atoms with Gasteiger partial charge in [0.15, 0.2) is 11.5 Å². The Labute approximate surface area is 138 Å². The zero-order valence-corrected chi connectivity index (χ0v) is 13.3. The van der Waals surface area contributed by atoms with Crippen LogP contribution in [0.2, 0.25) is 0 Å². The van der Waals surface area contributed by atoms with Gasteiger partial charge in [-0.05, 0) is 24.5 Å². The van der Waals surface area contributed by atoms with Crippen LogP contribution < -0.4 is 11.5 Å². The zero-order valence-electron chi connectivity index (χ0n) is 13.3. The van der Waals surface area contributed by atoms with Gasteiger partial charge in [0.1, 0.15) is 17.1 Å². The van der Waals surface area contributed by atoms with Crippen LogP contribution in [0.1, 0.15) is 35.7 Å². The number of aryl methyl sites for hydroxylation is 1. The predicted molar refractivity (Wildman–Crippen MR) is 89.6 cm³/mol. The molecule has 2 aliphatic rings. The number of rotatable bonds is 1. The molecule has 1 aromatic carbocycles. The molecule has 0 radical (unpaired) electrons. The Kier molecular flexibility index (Phi) is 2.43. The topological polar surface area (TPSA) is 116 Å². The first-order valence-electron chi connectivity index (χ1n) is 8.04. The van der Waals surface area contributed by atoms with Crippen LogP contribution in [0.15, 0.2) is 24.5 Å². The van der Waals surface area contributed by atoms with Crippen molar-refractivity contribution in [3.63, 3.8) is 0 Å². The Morgan fingerprint density at radius 1 is 1.29 bits per heavy atom. The molecule has 5 N–H and O–H groups in total. The summed E-state index contributed by atoms with van der Waals surface area (Å²) in [6.07, 6.45) is 3.20. The fourth-order valence-electron chi connectivity index (χ4n) is 4.62. The molecule has 0 saturated heterocycles. The third-order valence-electron chi connectivity index (χ3n) is 5.64. The molecular formula is C17H18N6O. The molecule has 2 aliphatic carbocycles. The van der Waals surface area contributed by atoms with Gasteiger partial charge in [0.2, 0.25) is 0 Å². The minimum Gasteiger partial charge on any atom is -0.508 e. The highest BCUT2D eigenvalue weighted by molar-refractivity contribution is 5.81. The van der Waals surface area contributed by atoms with E-state index in [1.807, 2.05) is 23.7 Å². The number of nitrogen functional groups attached to an aromatic ring is 1. The third-order valence-corrected chi connectivity index (χ3v) is 5.64. The molecule has 3 unspecified atom stereocenters. The quantitative estimate of drug-likeness (QED) is 0.619. The fourth-order valence-corrected chi connectivity index (χ4v) is 4.62. The van der Waals surface area contributed by atoms with Crippen LogP contribution in [0, 0.1) is 0 Å². The molecular weight excluding hydrogens is 304 g/mol. The minimum atomic E-state index is -0.475. The lowest BCUT2D eigenvalue weighted by atomic mass is 9.76. The van der Waals surface area contributed by atoms with Crippen molar-refractivity contribution in [2.24, 2.45) is 12.8 Å². The second-order valence-electron chi connectivity index (χ2n) is 6.96. The number of phenolic OH excluding ortho intramolecular Hbond substituents is 1. The number of nitrogens with zero attached hydrogens (tertiary/aromatic N) is 4. The van der Waals surface area contributed by atoms with E-state index in [9.17, 15) is 5.11 Å². The summed E-state index contributed by atoms with van der Waals surface area (Å²) in [5.41, 5.74) is 15.4. The molecule has 2 heterocycles. The van der Waals surface area contributed by atoms with Gasteiger partial charge in [-0.3, -0.25) is 0 Å². The Hall–Kier alpha value is -2.67. The highest BCUT2D eigenvalue weighted by atomic mass is 16.3. The van der Waals surface area contributed by atoms with Gasteiger partial charge in [-0.25, -0.2) is 15.0 Å². The number of imidazole rings is 1. The Balaban J connectivity index is 1.82. The SMILES string of the molecule is Cn1cnc2c(N)nc(C34CC(N)C(C3)c3cccc(O)c34)nc21. The second kappa shape index (κ2) is 4.24. The smallest absolute Gasteiger partial charge is 0.165 e. The summed E-state index contributed by atoms with van der Waals surface area (Å²) in [6.45, 7) is 0. The maximum absolute atomic E-state index is 10.5. The molecule has 0 aliphatic heterocycles. The highest BCUT2D eigenvalue weighted by Gasteiger charge is 2.57. The van der Waals surface area contributed by atoms with E-state index in [2.05, 4.69) is 9.97 Å². The molecule has 7 nitrogen and oxygen atoms in total. The number of phenols is 1. The third kappa shape index (κ3) is 1.48. The summed E-state index contributed by atoms with van der Waals surface area (Å²) in [7, 11) is 1.88. The summed E-state index contributed by atoms with van der Waals surface area (Å²) < 4.78 is 1.83. The lowest BCUT2D eigenvalue weighted by Gasteiger charge is -2.30. The normalized spacial score (nSPS) is 27.8. The van der Waals surface area contributed by atoms with Gasteiger partial charge in [0, 0.05) is 24.6 Å². The summed E-state index contributed by atoms with van der Waals surface area (Å²) >= 11 is 0. The summed E-state index contributed by atoms with van der Waals surface area (Å²) in [4.78, 5) is 13.6. The molecule has 3 aromatic rings. The first kappa shape index (κ1) is 13.7. The molecule has 2 aromatic heterocycles. The van der Waals surface area contributed by atoms with E-state index in [0.717, 1.165) is 17.5 Å². The van der Waals surface area contributed by atoms with Crippen LogP contribution in [0.4, 0.5) is 5.82 Å². The number of benzene rings is 1. The Morgan fingerprint density at radius 3 is 2.96 bits per heavy atom. The summed E-state index contributed by atoms with van der Waals surface area (Å²) in [5.74, 6) is 1.51. The molecule has 122 valence electrons. The van der Waals surface area contributed by atoms with Crippen molar-refractivity contribution in [3.8, 4) is 5.75 Å². The average molecular weight is 322 g/mol. The molecule has 3 atom stereocenters. The van der Waals surface area contributed by atoms with Gasteiger partial charge in [-0.15, -0.1) is 0 Å². The van der Waals surface area contributed by atoms with Crippen molar-refractivity contribution in [3.05, 3.63) is 41.5 Å². The van der Waals surface area contributed by atoms with Gasteiger partial charge in [-0.2, -0.15) is 0 Å². The Morgan fingerprint density at radius 2 is 2.12 bits per heavy atom. The largest absolute Gasteiger partial charge is 0.508 e. The first-order chi connectivity index (χ1) is 11.5. The molecule has 0 amide bonds. The minimum absolute atomic E-state index is 0.0337. The summed E-state index contributed by atoms with van der Waals surface area (Å²) in [5, 5.41) is 10.5. The number of hydrogen-bond donors (Lipinski definition) is 3. The van der Waals surface area contributed by atoms with E-state index < -0.39 is 5.41 Å². The second-order valence-corrected chi connectivity index (χ2v) is 6.96. The maximum Gasteiger partial charge on any atom is 0.165 e. The van der Waals surface area contributed by atoms with Crippen molar-refractivity contribution < 1.29 is 5.11 Å². The molecule has 7 heteroatoms. The highest BCUT2D eigenvalue weighted by Crippen LogP contribution is 2.61. The van der Waals surface area contributed by atoms with Crippen LogP contribution in [0.25, 0.3) is 11.2 Å². The van der Waals surface area contributed by atoms with Crippen LogP contribution in [0.3, 0.4) is 0 Å². The fraction of sp³-hybridized carbons (Fsp3) is 0.353. The molecule has 24 heavy (non-hydrogen) atoms. The van der Waals surface area contributed by atoms with Crippen molar-refractivity contribution >= 4 is 17.0 Å². The van der Waals surface area contributed by atoms with Crippen molar-refractivity contribution in [2.75, 3.05) is 5.73 Å². The van der Waals surface area contributed by atoms with Crippen LogP contribution >= 0.6 is 0 Å². The lowest BCUT2D eigenvalue weighted by Crippen LogP contribution is -2.33. The number of fused-ring (bicyclic) bond motifs is 6. The van der Waals surface area contributed by atoms with Gasteiger partial charge in [0.25, 0.3) is 0 Å². The van der Waals surface area contributed by atoms with E-state index in [4.69, 9.17) is 16.5 Å². The average Bonchev–Trinajstić information content (AvgIpc) is 3.19. The number of anilines is 1. The summed E-state index contributed by atoms with van der Waals surface area (Å²) in [6, 6.07) is 5.67. The van der Waals surface area contributed by atoms with Crippen molar-refractivity contribution in [1.82, 2.24) is 19.5 Å². The molecule has 5 rings (SSSR count). The predicted octanol–water partition coefficient (Wildman–Crippen LogP) is 1.16. The number of aromatic nitrogens is 4. The van der Waals surface area contributed by atoms with Gasteiger partial charge < -0.3 is 21.1 Å². The van der Waals surface area contributed by atoms with E-state index >= 15 is 0 Å². The number of aromatic hydroxyl groups is 1. The van der Waals surface area contributed by atoms with Gasteiger partial charge >= 0.3 is 0 Å². The lowest BCUT2D eigenvalue weighted by molar-refractivity contribution is 0.427. The molecule has 2 bridgehead atoms. The van der Waals surface area contributed by atoms with E-state index in [1.54, 1.807) is 12.4 Å². The van der Waals surface area contributed by atoms with Crippen LogP contribution in [-0.4, -0.2) is 30.7 Å². The monoisotopic (exact) mass is 322 g/mol. The van der Waals surface area contributed by atoms with Gasteiger partial charge in [-0.1, -0.05) is 12.1 Å². The van der Waals surface area contributed by atoms with E-state index in [1.165, 1.54) is 0 Å². The maximum atomic E-state index is 10.5. The van der Waals surface area contributed by atoms with Crippen molar-refractivity contribution in [2.45, 2.75) is 30.2 Å². The molecule has 1 fully saturated rings. The van der Waals surface area contributed by atoms with Gasteiger partial charge in [0.05, 0.1) is 11.7 Å².